The van der Waals surface area contributed by atoms with E-state index in [2.05, 4.69) is 15.3 Å². The molecule has 0 amide bonds. The molecule has 1 aromatic heterocycles. The summed E-state index contributed by atoms with van der Waals surface area (Å²) in [5, 5.41) is 12.1. The predicted molar refractivity (Wildman–Crippen MR) is 46.7 cm³/mol. The fourth-order valence-electron chi connectivity index (χ4n) is 0.965. The molecule has 1 atom stereocenters. The zero-order valence-corrected chi connectivity index (χ0v) is 7.46. The molecule has 68 valence electrons. The van der Waals surface area contributed by atoms with E-state index >= 15 is 0 Å². The number of nitrogens with zero attached hydrogens (tertiary/aromatic N) is 1. The molecule has 4 heteroatoms. The van der Waals surface area contributed by atoms with Crippen molar-refractivity contribution in [1.29, 1.82) is 0 Å². The minimum absolute atomic E-state index is 0.302. The van der Waals surface area contributed by atoms with E-state index in [4.69, 9.17) is 5.11 Å². The van der Waals surface area contributed by atoms with Gasteiger partial charge in [-0.05, 0) is 13.8 Å². The molecule has 1 unspecified atom stereocenters. The van der Waals surface area contributed by atoms with Crippen LogP contribution in [0.5, 0.6) is 0 Å². The quantitative estimate of drug-likeness (QED) is 0.603. The average Bonchev–Trinajstić information content (AvgIpc) is 2.36. The molecule has 0 aliphatic heterocycles. The Morgan fingerprint density at radius 1 is 1.75 bits per heavy atom. The van der Waals surface area contributed by atoms with Crippen molar-refractivity contribution in [2.24, 2.45) is 0 Å². The molecule has 3 N–H and O–H groups in total. The van der Waals surface area contributed by atoms with Crippen molar-refractivity contribution in [2.75, 3.05) is 6.54 Å². The lowest BCUT2D eigenvalue weighted by Gasteiger charge is -2.04. The van der Waals surface area contributed by atoms with E-state index in [-0.39, 0.29) is 6.10 Å². The van der Waals surface area contributed by atoms with E-state index in [1.54, 1.807) is 13.3 Å². The van der Waals surface area contributed by atoms with Crippen molar-refractivity contribution in [1.82, 2.24) is 15.3 Å². The number of H-pyrrole nitrogens is 1. The molecular formula is C8H15N3O. The maximum absolute atomic E-state index is 8.96. The second kappa shape index (κ2) is 4.23. The van der Waals surface area contributed by atoms with Crippen molar-refractivity contribution in [3.05, 3.63) is 17.7 Å². The van der Waals surface area contributed by atoms with Crippen molar-refractivity contribution in [2.45, 2.75) is 26.5 Å². The van der Waals surface area contributed by atoms with E-state index < -0.39 is 0 Å². The number of hydrogen-bond donors (Lipinski definition) is 3. The number of imidazole rings is 1. The minimum atomic E-state index is -0.302. The van der Waals surface area contributed by atoms with Crippen molar-refractivity contribution >= 4 is 0 Å². The summed E-state index contributed by atoms with van der Waals surface area (Å²) in [6.45, 7) is 5.04. The summed E-state index contributed by atoms with van der Waals surface area (Å²) >= 11 is 0. The van der Waals surface area contributed by atoms with Gasteiger partial charge in [-0.1, -0.05) is 0 Å². The smallest absolute Gasteiger partial charge is 0.0925 e. The molecule has 0 spiro atoms. The number of aromatic nitrogens is 2. The van der Waals surface area contributed by atoms with E-state index in [0.717, 1.165) is 11.4 Å². The number of aliphatic hydroxyl groups excluding tert-OH is 1. The number of nitrogens with one attached hydrogen (secondary N) is 2. The molecule has 12 heavy (non-hydrogen) atoms. The van der Waals surface area contributed by atoms with Gasteiger partial charge in [0.05, 0.1) is 18.1 Å². The average molecular weight is 169 g/mol. The van der Waals surface area contributed by atoms with Gasteiger partial charge in [0.15, 0.2) is 0 Å². The second-order valence-electron chi connectivity index (χ2n) is 2.95. The third-order valence-electron chi connectivity index (χ3n) is 1.67. The molecule has 0 fully saturated rings. The van der Waals surface area contributed by atoms with Gasteiger partial charge in [0.1, 0.15) is 0 Å². The molecule has 0 radical (unpaired) electrons. The topological polar surface area (TPSA) is 60.9 Å². The number of aliphatic hydroxyl groups is 1. The Hall–Kier alpha value is -0.870. The zero-order chi connectivity index (χ0) is 8.97. The summed E-state index contributed by atoms with van der Waals surface area (Å²) in [4.78, 5) is 7.11. The van der Waals surface area contributed by atoms with Crippen LogP contribution in [0, 0.1) is 6.92 Å². The molecule has 0 saturated heterocycles. The molecule has 0 aliphatic rings. The van der Waals surface area contributed by atoms with E-state index in [9.17, 15) is 0 Å². The molecule has 0 saturated carbocycles. The Morgan fingerprint density at radius 2 is 2.50 bits per heavy atom. The maximum atomic E-state index is 8.96. The summed E-state index contributed by atoms with van der Waals surface area (Å²) < 4.78 is 0. The summed E-state index contributed by atoms with van der Waals surface area (Å²) in [7, 11) is 0. The monoisotopic (exact) mass is 169 g/mol. The first-order chi connectivity index (χ1) is 5.70. The van der Waals surface area contributed by atoms with E-state index in [0.29, 0.717) is 13.1 Å². The standard InChI is InChI=1S/C8H15N3O/c1-6(12)3-9-4-8-7(2)10-5-11-8/h5-6,9,12H,3-4H2,1-2H3,(H,10,11). The predicted octanol–water partition coefficient (Wildman–Crippen LogP) is 0.189. The maximum Gasteiger partial charge on any atom is 0.0925 e. The third kappa shape index (κ3) is 2.64. The van der Waals surface area contributed by atoms with Gasteiger partial charge in [-0.25, -0.2) is 4.98 Å². The Morgan fingerprint density at radius 3 is 3.00 bits per heavy atom. The van der Waals surface area contributed by atoms with Gasteiger partial charge >= 0.3 is 0 Å². The first kappa shape index (κ1) is 9.22. The summed E-state index contributed by atoms with van der Waals surface area (Å²) in [6, 6.07) is 0. The molecule has 0 aliphatic carbocycles. The molecule has 4 nitrogen and oxygen atoms in total. The van der Waals surface area contributed by atoms with Gasteiger partial charge in [0, 0.05) is 18.8 Å². The van der Waals surface area contributed by atoms with Gasteiger partial charge in [0.2, 0.25) is 0 Å². The van der Waals surface area contributed by atoms with Crippen LogP contribution in [-0.2, 0) is 6.54 Å². The van der Waals surface area contributed by atoms with Gasteiger partial charge in [-0.2, -0.15) is 0 Å². The Kier molecular flexibility index (Phi) is 3.25. The summed E-state index contributed by atoms with van der Waals surface area (Å²) in [5.41, 5.74) is 2.09. The molecule has 0 bridgehead atoms. The normalized spacial score (nSPS) is 13.2. The van der Waals surface area contributed by atoms with Gasteiger partial charge in [0.25, 0.3) is 0 Å². The third-order valence-corrected chi connectivity index (χ3v) is 1.67. The van der Waals surface area contributed by atoms with Crippen LogP contribution in [0.15, 0.2) is 6.33 Å². The number of rotatable bonds is 4. The largest absolute Gasteiger partial charge is 0.392 e. The molecule has 1 aromatic rings. The number of hydrogen-bond acceptors (Lipinski definition) is 3. The molecule has 0 aromatic carbocycles. The van der Waals surface area contributed by atoms with Crippen LogP contribution >= 0.6 is 0 Å². The highest BCUT2D eigenvalue weighted by Crippen LogP contribution is 1.98. The first-order valence-corrected chi connectivity index (χ1v) is 4.07. The van der Waals surface area contributed by atoms with Crippen molar-refractivity contribution < 1.29 is 5.11 Å². The van der Waals surface area contributed by atoms with Crippen LogP contribution in [-0.4, -0.2) is 27.7 Å². The van der Waals surface area contributed by atoms with Crippen LogP contribution in [0.2, 0.25) is 0 Å². The Labute approximate surface area is 72.0 Å². The van der Waals surface area contributed by atoms with Crippen LogP contribution in [0.3, 0.4) is 0 Å². The van der Waals surface area contributed by atoms with Crippen LogP contribution < -0.4 is 5.32 Å². The van der Waals surface area contributed by atoms with Crippen LogP contribution in [0.1, 0.15) is 18.3 Å². The van der Waals surface area contributed by atoms with Crippen molar-refractivity contribution in [3.8, 4) is 0 Å². The fraction of sp³-hybridized carbons (Fsp3) is 0.625. The van der Waals surface area contributed by atoms with E-state index in [1.807, 2.05) is 6.92 Å². The van der Waals surface area contributed by atoms with Crippen LogP contribution in [0.4, 0.5) is 0 Å². The minimum Gasteiger partial charge on any atom is -0.392 e. The first-order valence-electron chi connectivity index (χ1n) is 4.07. The van der Waals surface area contributed by atoms with Crippen molar-refractivity contribution in [3.63, 3.8) is 0 Å². The van der Waals surface area contributed by atoms with Gasteiger partial charge in [-0.15, -0.1) is 0 Å². The summed E-state index contributed by atoms with van der Waals surface area (Å²) in [6.07, 6.45) is 1.37. The highest BCUT2D eigenvalue weighted by atomic mass is 16.3. The SMILES string of the molecule is Cc1[nH]cnc1CNCC(C)O. The molecule has 1 heterocycles. The number of aryl methyl sites for hydroxylation is 1. The molecule has 1 rings (SSSR count). The Balaban J connectivity index is 2.29. The van der Waals surface area contributed by atoms with Gasteiger partial charge in [-0.3, -0.25) is 0 Å². The van der Waals surface area contributed by atoms with E-state index in [1.165, 1.54) is 0 Å². The van der Waals surface area contributed by atoms with Crippen LogP contribution in [0.25, 0.3) is 0 Å². The highest BCUT2D eigenvalue weighted by Gasteiger charge is 2.00. The zero-order valence-electron chi connectivity index (χ0n) is 7.46. The number of aromatic amines is 1. The lowest BCUT2D eigenvalue weighted by molar-refractivity contribution is 0.191. The summed E-state index contributed by atoms with van der Waals surface area (Å²) in [5.74, 6) is 0. The fourth-order valence-corrected chi connectivity index (χ4v) is 0.965. The second-order valence-corrected chi connectivity index (χ2v) is 2.95. The lowest BCUT2D eigenvalue weighted by Crippen LogP contribution is -2.24. The highest BCUT2D eigenvalue weighted by molar-refractivity contribution is 5.07. The van der Waals surface area contributed by atoms with Gasteiger partial charge < -0.3 is 15.4 Å². The Bertz CT molecular complexity index is 232. The molecular weight excluding hydrogens is 154 g/mol. The lowest BCUT2D eigenvalue weighted by atomic mass is 10.3.